The molecule has 0 saturated carbocycles. The van der Waals surface area contributed by atoms with Gasteiger partial charge in [0.05, 0.1) is 15.6 Å². The third-order valence-corrected chi connectivity index (χ3v) is 4.54. The Kier molecular flexibility index (Phi) is 4.88. The summed E-state index contributed by atoms with van der Waals surface area (Å²) < 4.78 is 0. The van der Waals surface area contributed by atoms with E-state index in [0.717, 1.165) is 37.8 Å². The summed E-state index contributed by atoms with van der Waals surface area (Å²) in [5.74, 6) is 0.269. The van der Waals surface area contributed by atoms with Crippen molar-refractivity contribution < 1.29 is 4.79 Å². The molecule has 0 spiro atoms. The van der Waals surface area contributed by atoms with Crippen molar-refractivity contribution in [2.24, 2.45) is 0 Å². The number of ketones is 1. The Hall–Kier alpha value is -0.570. The molecule has 1 heterocycles. The molecule has 104 valence electrons. The summed E-state index contributed by atoms with van der Waals surface area (Å²) in [4.78, 5) is 12.6. The lowest BCUT2D eigenvalue weighted by Gasteiger charge is -2.27. The monoisotopic (exact) mass is 299 g/mol. The Labute approximate surface area is 124 Å². The minimum absolute atomic E-state index is 0.269. The molecular formula is C15H19Cl2NO. The fourth-order valence-corrected chi connectivity index (χ4v) is 3.15. The van der Waals surface area contributed by atoms with Crippen LogP contribution in [0.2, 0.25) is 10.0 Å². The van der Waals surface area contributed by atoms with E-state index in [-0.39, 0.29) is 11.3 Å². The van der Waals surface area contributed by atoms with Gasteiger partial charge in [-0.3, -0.25) is 4.79 Å². The molecule has 1 N–H and O–H groups in total. The molecule has 4 heteroatoms. The third kappa shape index (κ3) is 3.31. The lowest BCUT2D eigenvalue weighted by atomic mass is 9.84. The van der Waals surface area contributed by atoms with Crippen LogP contribution in [0.4, 0.5) is 0 Å². The second-order valence-electron chi connectivity index (χ2n) is 5.21. The third-order valence-electron chi connectivity index (χ3n) is 3.80. The van der Waals surface area contributed by atoms with Gasteiger partial charge in [-0.25, -0.2) is 0 Å². The van der Waals surface area contributed by atoms with E-state index in [1.165, 1.54) is 0 Å². The molecule has 1 aromatic carbocycles. The number of carbonyl (C=O) groups is 1. The highest BCUT2D eigenvalue weighted by Crippen LogP contribution is 2.28. The van der Waals surface area contributed by atoms with Crippen molar-refractivity contribution >= 4 is 29.0 Å². The molecule has 0 amide bonds. The number of nitrogens with one attached hydrogen (secondary N) is 1. The first-order valence-electron chi connectivity index (χ1n) is 6.79. The van der Waals surface area contributed by atoms with Gasteiger partial charge in [0.15, 0.2) is 5.78 Å². The van der Waals surface area contributed by atoms with Crippen molar-refractivity contribution in [3.8, 4) is 0 Å². The standard InChI is InChI=1S/C15H19Cl2NO/c1-2-6-15(7-3-8-18-15)14(19)10-11-4-5-12(16)13(17)9-11/h4-5,9,18H,2-3,6-8,10H2,1H3. The second-order valence-corrected chi connectivity index (χ2v) is 6.03. The zero-order valence-corrected chi connectivity index (χ0v) is 12.7. The van der Waals surface area contributed by atoms with E-state index in [9.17, 15) is 4.79 Å². The largest absolute Gasteiger partial charge is 0.305 e. The van der Waals surface area contributed by atoms with Gasteiger partial charge in [-0.15, -0.1) is 0 Å². The van der Waals surface area contributed by atoms with E-state index in [4.69, 9.17) is 23.2 Å². The topological polar surface area (TPSA) is 29.1 Å². The van der Waals surface area contributed by atoms with E-state index in [1.807, 2.05) is 6.07 Å². The molecule has 1 atom stereocenters. The quantitative estimate of drug-likeness (QED) is 0.889. The zero-order chi connectivity index (χ0) is 13.9. The molecule has 1 aliphatic heterocycles. The first-order valence-corrected chi connectivity index (χ1v) is 7.55. The lowest BCUT2D eigenvalue weighted by Crippen LogP contribution is -2.48. The van der Waals surface area contributed by atoms with Crippen LogP contribution in [0.1, 0.15) is 38.2 Å². The van der Waals surface area contributed by atoms with Crippen LogP contribution >= 0.6 is 23.2 Å². The maximum absolute atomic E-state index is 12.6. The Morgan fingerprint density at radius 3 is 2.74 bits per heavy atom. The van der Waals surface area contributed by atoms with Gasteiger partial charge in [-0.2, -0.15) is 0 Å². The number of rotatable bonds is 5. The zero-order valence-electron chi connectivity index (χ0n) is 11.1. The molecule has 2 nitrogen and oxygen atoms in total. The highest BCUT2D eigenvalue weighted by molar-refractivity contribution is 6.42. The Morgan fingerprint density at radius 1 is 1.37 bits per heavy atom. The molecule has 1 aliphatic rings. The summed E-state index contributed by atoms with van der Waals surface area (Å²) in [5.41, 5.74) is 0.615. The number of halogens is 2. The highest BCUT2D eigenvalue weighted by atomic mass is 35.5. The molecule has 1 saturated heterocycles. The lowest BCUT2D eigenvalue weighted by molar-refractivity contribution is -0.124. The van der Waals surface area contributed by atoms with Gasteiger partial charge in [-0.05, 0) is 43.5 Å². The maximum atomic E-state index is 12.6. The summed E-state index contributed by atoms with van der Waals surface area (Å²) in [6.45, 7) is 3.06. The average Bonchev–Trinajstić information content (AvgIpc) is 2.84. The fourth-order valence-electron chi connectivity index (χ4n) is 2.83. The second kappa shape index (κ2) is 6.25. The molecule has 1 fully saturated rings. The molecule has 0 aromatic heterocycles. The normalized spacial score (nSPS) is 22.7. The number of carbonyl (C=O) groups excluding carboxylic acids is 1. The average molecular weight is 300 g/mol. The number of hydrogen-bond donors (Lipinski definition) is 1. The predicted octanol–water partition coefficient (Wildman–Crippen LogP) is 4.03. The number of benzene rings is 1. The SMILES string of the molecule is CCCC1(C(=O)Cc2ccc(Cl)c(Cl)c2)CCCN1. The van der Waals surface area contributed by atoms with Crippen molar-refractivity contribution in [3.05, 3.63) is 33.8 Å². The van der Waals surface area contributed by atoms with Crippen LogP contribution in [-0.4, -0.2) is 17.9 Å². The molecular weight excluding hydrogens is 281 g/mol. The van der Waals surface area contributed by atoms with Gasteiger partial charge in [0.1, 0.15) is 0 Å². The highest BCUT2D eigenvalue weighted by Gasteiger charge is 2.39. The molecule has 0 bridgehead atoms. The van der Waals surface area contributed by atoms with Crippen LogP contribution in [0.3, 0.4) is 0 Å². The van der Waals surface area contributed by atoms with Crippen molar-refractivity contribution in [1.29, 1.82) is 0 Å². The predicted molar refractivity (Wildman–Crippen MR) is 80.0 cm³/mol. The van der Waals surface area contributed by atoms with E-state index < -0.39 is 0 Å². The first kappa shape index (κ1) is 14.8. The van der Waals surface area contributed by atoms with Crippen molar-refractivity contribution in [3.63, 3.8) is 0 Å². The van der Waals surface area contributed by atoms with Crippen molar-refractivity contribution in [2.45, 2.75) is 44.6 Å². The summed E-state index contributed by atoms with van der Waals surface area (Å²) in [5, 5.41) is 4.45. The van der Waals surface area contributed by atoms with Crippen LogP contribution in [0.25, 0.3) is 0 Å². The Bertz CT molecular complexity index is 467. The summed E-state index contributed by atoms with van der Waals surface area (Å²) in [7, 11) is 0. The van der Waals surface area contributed by atoms with Crippen LogP contribution in [0.5, 0.6) is 0 Å². The Balaban J connectivity index is 2.12. The van der Waals surface area contributed by atoms with Gasteiger partial charge in [0.2, 0.25) is 0 Å². The van der Waals surface area contributed by atoms with Gasteiger partial charge in [0.25, 0.3) is 0 Å². The Morgan fingerprint density at radius 2 is 2.16 bits per heavy atom. The van der Waals surface area contributed by atoms with Gasteiger partial charge < -0.3 is 5.32 Å². The molecule has 0 aliphatic carbocycles. The van der Waals surface area contributed by atoms with E-state index in [0.29, 0.717) is 16.5 Å². The molecule has 0 radical (unpaired) electrons. The molecule has 1 aromatic rings. The number of hydrogen-bond acceptors (Lipinski definition) is 2. The summed E-state index contributed by atoms with van der Waals surface area (Å²) >= 11 is 11.9. The van der Waals surface area contributed by atoms with Gasteiger partial charge in [0, 0.05) is 6.42 Å². The van der Waals surface area contributed by atoms with Crippen molar-refractivity contribution in [1.82, 2.24) is 5.32 Å². The molecule has 1 unspecified atom stereocenters. The minimum Gasteiger partial charge on any atom is -0.305 e. The first-order chi connectivity index (χ1) is 9.07. The minimum atomic E-state index is -0.319. The summed E-state index contributed by atoms with van der Waals surface area (Å²) in [6.07, 6.45) is 4.37. The fraction of sp³-hybridized carbons (Fsp3) is 0.533. The maximum Gasteiger partial charge on any atom is 0.157 e. The van der Waals surface area contributed by atoms with Crippen LogP contribution in [0.15, 0.2) is 18.2 Å². The van der Waals surface area contributed by atoms with Crippen molar-refractivity contribution in [2.75, 3.05) is 6.54 Å². The smallest absolute Gasteiger partial charge is 0.157 e. The van der Waals surface area contributed by atoms with Crippen LogP contribution < -0.4 is 5.32 Å². The molecule has 19 heavy (non-hydrogen) atoms. The van der Waals surface area contributed by atoms with Gasteiger partial charge >= 0.3 is 0 Å². The van der Waals surface area contributed by atoms with Gasteiger partial charge in [-0.1, -0.05) is 42.6 Å². The van der Waals surface area contributed by atoms with Crippen LogP contribution in [-0.2, 0) is 11.2 Å². The van der Waals surface area contributed by atoms with Crippen LogP contribution in [0, 0.1) is 0 Å². The summed E-state index contributed by atoms with van der Waals surface area (Å²) in [6, 6.07) is 5.41. The van der Waals surface area contributed by atoms with E-state index in [1.54, 1.807) is 12.1 Å². The number of Topliss-reactive ketones (excluding diaryl/α,β-unsaturated/α-hetero) is 1. The molecule has 2 rings (SSSR count). The van der Waals surface area contributed by atoms with E-state index in [2.05, 4.69) is 12.2 Å². The van der Waals surface area contributed by atoms with E-state index >= 15 is 0 Å².